The summed E-state index contributed by atoms with van der Waals surface area (Å²) in [4.78, 5) is 30.6. The molecule has 0 saturated carbocycles. The highest BCUT2D eigenvalue weighted by molar-refractivity contribution is 5.99. The second-order valence-corrected chi connectivity index (χ2v) is 17.4. The van der Waals surface area contributed by atoms with Gasteiger partial charge in [-0.1, -0.05) is 255 Å². The van der Waals surface area contributed by atoms with Crippen molar-refractivity contribution in [3.05, 3.63) is 267 Å². The molecule has 0 aliphatic heterocycles. The Kier molecular flexibility index (Phi) is 11.9. The summed E-state index contributed by atoms with van der Waals surface area (Å²) in [5.41, 5.74) is 16.2. The Labute approximate surface area is 418 Å². The second kappa shape index (κ2) is 19.7. The van der Waals surface area contributed by atoms with Crippen LogP contribution in [0.3, 0.4) is 0 Å². The third-order valence-electron chi connectivity index (χ3n) is 12.8. The van der Waals surface area contributed by atoms with Crippen LogP contribution >= 0.6 is 0 Å². The van der Waals surface area contributed by atoms with Gasteiger partial charge in [-0.25, -0.2) is 29.9 Å². The Hall–Kier alpha value is -9.78. The van der Waals surface area contributed by atoms with Gasteiger partial charge >= 0.3 is 0 Å². The Morgan fingerprint density at radius 3 is 0.611 bits per heavy atom. The van der Waals surface area contributed by atoms with E-state index in [4.69, 9.17) is 29.9 Å². The van der Waals surface area contributed by atoms with Gasteiger partial charge in [0.25, 0.3) is 0 Å². The van der Waals surface area contributed by atoms with Gasteiger partial charge < -0.3 is 0 Å². The summed E-state index contributed by atoms with van der Waals surface area (Å²) < 4.78 is 0. The van der Waals surface area contributed by atoms with Crippen LogP contribution in [0.2, 0.25) is 0 Å². The normalized spacial score (nSPS) is 11.1. The van der Waals surface area contributed by atoms with Crippen LogP contribution < -0.4 is 0 Å². The van der Waals surface area contributed by atoms with Gasteiger partial charge in [0.05, 0.1) is 0 Å². The van der Waals surface area contributed by atoms with E-state index in [1.165, 1.54) is 0 Å². The minimum absolute atomic E-state index is 0.593. The van der Waals surface area contributed by atoms with Crippen LogP contribution in [0.15, 0.2) is 267 Å². The number of hydrogen-bond acceptors (Lipinski definition) is 6. The molecule has 10 aromatic carbocycles. The first-order valence-electron chi connectivity index (χ1n) is 24.0. The van der Waals surface area contributed by atoms with Crippen LogP contribution in [0, 0.1) is 0 Å². The van der Waals surface area contributed by atoms with Crippen molar-refractivity contribution in [2.45, 2.75) is 0 Å². The fourth-order valence-corrected chi connectivity index (χ4v) is 9.33. The monoisotopic (exact) mass is 920 g/mol. The molecule has 0 bridgehead atoms. The number of nitrogens with zero attached hydrogens (tertiary/aromatic N) is 6. The van der Waals surface area contributed by atoms with Crippen molar-refractivity contribution in [2.75, 3.05) is 0 Å². The molecule has 12 rings (SSSR count). The molecule has 0 N–H and O–H groups in total. The van der Waals surface area contributed by atoms with E-state index in [9.17, 15) is 0 Å². The Balaban J connectivity index is 1.05. The van der Waals surface area contributed by atoms with Crippen molar-refractivity contribution in [3.63, 3.8) is 0 Å². The van der Waals surface area contributed by atoms with Crippen LogP contribution in [0.1, 0.15) is 0 Å². The zero-order valence-corrected chi connectivity index (χ0v) is 39.1. The van der Waals surface area contributed by atoms with Gasteiger partial charge in [-0.3, -0.25) is 0 Å². The molecule has 338 valence electrons. The van der Waals surface area contributed by atoms with Crippen molar-refractivity contribution in [2.24, 2.45) is 0 Å². The predicted molar refractivity (Wildman–Crippen MR) is 293 cm³/mol. The van der Waals surface area contributed by atoms with Crippen molar-refractivity contribution < 1.29 is 0 Å². The topological polar surface area (TPSA) is 77.3 Å². The lowest BCUT2D eigenvalue weighted by Crippen LogP contribution is -2.01. The summed E-state index contributed by atoms with van der Waals surface area (Å²) >= 11 is 0. The Bertz CT molecular complexity index is 3460. The first-order valence-corrected chi connectivity index (χ1v) is 24.0. The fourth-order valence-electron chi connectivity index (χ4n) is 9.33. The average molecular weight is 921 g/mol. The quantitative estimate of drug-likeness (QED) is 0.129. The molecule has 0 aliphatic rings. The van der Waals surface area contributed by atoms with E-state index in [1.807, 2.05) is 121 Å². The molecule has 0 radical (unpaired) electrons. The summed E-state index contributed by atoms with van der Waals surface area (Å²) in [6, 6.07) is 92.2. The summed E-state index contributed by atoms with van der Waals surface area (Å²) in [6.45, 7) is 0. The van der Waals surface area contributed by atoms with E-state index in [2.05, 4.69) is 146 Å². The van der Waals surface area contributed by atoms with Crippen LogP contribution in [0.5, 0.6) is 0 Å². The van der Waals surface area contributed by atoms with E-state index in [1.54, 1.807) is 0 Å². The van der Waals surface area contributed by atoms with E-state index in [-0.39, 0.29) is 0 Å². The van der Waals surface area contributed by atoms with Crippen molar-refractivity contribution in [3.8, 4) is 124 Å². The molecule has 72 heavy (non-hydrogen) atoms. The third-order valence-corrected chi connectivity index (χ3v) is 12.8. The summed E-state index contributed by atoms with van der Waals surface area (Å²) in [5, 5.41) is 0. The first kappa shape index (κ1) is 43.5. The lowest BCUT2D eigenvalue weighted by Gasteiger charge is -2.20. The zero-order chi connectivity index (χ0) is 48.1. The van der Waals surface area contributed by atoms with E-state index in [0.717, 1.165) is 89.0 Å². The van der Waals surface area contributed by atoms with E-state index < -0.39 is 0 Å². The standard InChI is InChI=1S/C66H44N6/c1-7-23-45(24-8-1)53-41-39-51(65-69-61(47-27-11-3-12-28-47)67-62(70-65)48-29-13-4-14-30-48)43-59(53)57-37-21-19-35-55(57)56-36-20-22-38-58(56)60-44-52(40-42-54(60)46-25-9-2-10-26-46)66-71-63(49-31-15-5-16-32-49)68-64(72-66)50-33-17-6-18-34-50/h1-44H. The first-order chi connectivity index (χ1) is 35.7. The summed E-state index contributed by atoms with van der Waals surface area (Å²) in [7, 11) is 0. The third kappa shape index (κ3) is 8.88. The lowest BCUT2D eigenvalue weighted by atomic mass is 9.84. The Morgan fingerprint density at radius 2 is 0.347 bits per heavy atom. The molecule has 2 aromatic heterocycles. The molecule has 12 aromatic rings. The van der Waals surface area contributed by atoms with Gasteiger partial charge in [0.15, 0.2) is 34.9 Å². The van der Waals surface area contributed by atoms with Gasteiger partial charge in [0, 0.05) is 33.4 Å². The van der Waals surface area contributed by atoms with Crippen molar-refractivity contribution in [1.29, 1.82) is 0 Å². The lowest BCUT2D eigenvalue weighted by molar-refractivity contribution is 1.07. The van der Waals surface area contributed by atoms with Crippen LogP contribution in [-0.2, 0) is 0 Å². The van der Waals surface area contributed by atoms with Gasteiger partial charge in [0.1, 0.15) is 0 Å². The maximum Gasteiger partial charge on any atom is 0.164 e. The maximum atomic E-state index is 5.15. The zero-order valence-electron chi connectivity index (χ0n) is 39.1. The molecule has 0 unspecified atom stereocenters. The molecular weight excluding hydrogens is 877 g/mol. The maximum absolute atomic E-state index is 5.15. The smallest absolute Gasteiger partial charge is 0.164 e. The van der Waals surface area contributed by atoms with Crippen molar-refractivity contribution >= 4 is 0 Å². The number of hydrogen-bond donors (Lipinski definition) is 0. The highest BCUT2D eigenvalue weighted by atomic mass is 15.0. The largest absolute Gasteiger partial charge is 0.208 e. The van der Waals surface area contributed by atoms with Crippen LogP contribution in [-0.4, -0.2) is 29.9 Å². The molecule has 0 spiro atoms. The fraction of sp³-hybridized carbons (Fsp3) is 0. The van der Waals surface area contributed by atoms with Gasteiger partial charge in [-0.2, -0.15) is 0 Å². The van der Waals surface area contributed by atoms with Crippen LogP contribution in [0.4, 0.5) is 0 Å². The molecular formula is C66H44N6. The molecule has 6 nitrogen and oxygen atoms in total. The highest BCUT2D eigenvalue weighted by Gasteiger charge is 2.21. The molecule has 2 heterocycles. The molecule has 0 fully saturated rings. The molecule has 0 amide bonds. The van der Waals surface area contributed by atoms with Gasteiger partial charge in [-0.05, 0) is 67.8 Å². The number of aromatic nitrogens is 6. The number of rotatable bonds is 11. The highest BCUT2D eigenvalue weighted by Crippen LogP contribution is 2.45. The van der Waals surface area contributed by atoms with Crippen molar-refractivity contribution in [1.82, 2.24) is 29.9 Å². The summed E-state index contributed by atoms with van der Waals surface area (Å²) in [6.07, 6.45) is 0. The van der Waals surface area contributed by atoms with Gasteiger partial charge in [0.2, 0.25) is 0 Å². The molecule has 6 heteroatoms. The molecule has 0 saturated heterocycles. The minimum Gasteiger partial charge on any atom is -0.208 e. The average Bonchev–Trinajstić information content (AvgIpc) is 3.48. The Morgan fingerprint density at radius 1 is 0.139 bits per heavy atom. The summed E-state index contributed by atoms with van der Waals surface area (Å²) in [5.74, 6) is 3.64. The molecule has 0 aliphatic carbocycles. The minimum atomic E-state index is 0.593. The predicted octanol–water partition coefficient (Wildman–Crippen LogP) is 16.4. The second-order valence-electron chi connectivity index (χ2n) is 17.4. The van der Waals surface area contributed by atoms with E-state index in [0.29, 0.717) is 34.9 Å². The molecule has 0 atom stereocenters. The SMILES string of the molecule is c1ccc(-c2nc(-c3ccccc3)nc(-c3ccc(-c4ccccc4)c(-c4ccccc4-c4ccccc4-c4cc(-c5nc(-c6ccccc6)nc(-c6ccccc6)n5)ccc4-c4ccccc4)c3)n2)cc1. The number of benzene rings is 10. The van der Waals surface area contributed by atoms with Crippen LogP contribution in [0.25, 0.3) is 124 Å². The van der Waals surface area contributed by atoms with E-state index >= 15 is 0 Å². The van der Waals surface area contributed by atoms with Gasteiger partial charge in [-0.15, -0.1) is 0 Å².